The minimum Gasteiger partial charge on any atom is -0.380 e. The summed E-state index contributed by atoms with van der Waals surface area (Å²) in [6.45, 7) is 3.19. The van der Waals surface area contributed by atoms with Crippen LogP contribution in [0.15, 0.2) is 103 Å². The van der Waals surface area contributed by atoms with Gasteiger partial charge in [-0.1, -0.05) is 111 Å². The maximum Gasteiger partial charge on any atom is 0.162 e. The van der Waals surface area contributed by atoms with Crippen molar-refractivity contribution in [2.75, 3.05) is 6.54 Å². The Balaban J connectivity index is 0.000000143. The number of hydrogen-bond donors (Lipinski definition) is 2. The summed E-state index contributed by atoms with van der Waals surface area (Å²) < 4.78 is 0. The maximum atomic E-state index is 5.41. The first-order valence-electron chi connectivity index (χ1n) is 12.1. The van der Waals surface area contributed by atoms with E-state index in [1.165, 1.54) is 51.6 Å². The molecule has 0 unspecified atom stereocenters. The van der Waals surface area contributed by atoms with Crippen molar-refractivity contribution < 1.29 is 4.84 Å². The van der Waals surface area contributed by atoms with Crippen LogP contribution in [0, 0.1) is 0 Å². The molecule has 0 radical (unpaired) electrons. The molecular formula is C31H30N2O. The molecule has 0 saturated carbocycles. The number of para-hydroxylation sites is 1. The van der Waals surface area contributed by atoms with Crippen LogP contribution in [-0.2, 0) is 0 Å². The number of nitrogens with one attached hydrogen (secondary N) is 2. The van der Waals surface area contributed by atoms with Crippen LogP contribution in [0.5, 0.6) is 5.75 Å². The minimum atomic E-state index is 0.876. The average molecular weight is 447 g/mol. The van der Waals surface area contributed by atoms with Gasteiger partial charge in [0, 0.05) is 12.1 Å². The second-order valence-corrected chi connectivity index (χ2v) is 8.60. The smallest absolute Gasteiger partial charge is 0.162 e. The molecule has 0 fully saturated rings. The molecule has 34 heavy (non-hydrogen) atoms. The highest BCUT2D eigenvalue weighted by atomic mass is 16.6. The number of fused-ring (bicyclic) bond motifs is 6. The first-order chi connectivity index (χ1) is 16.8. The molecule has 170 valence electrons. The Kier molecular flexibility index (Phi) is 6.62. The molecule has 0 atom stereocenters. The van der Waals surface area contributed by atoms with Crippen LogP contribution < -0.4 is 15.6 Å². The van der Waals surface area contributed by atoms with Gasteiger partial charge in [0.25, 0.3) is 0 Å². The van der Waals surface area contributed by atoms with E-state index in [1.807, 2.05) is 24.3 Å². The van der Waals surface area contributed by atoms with Gasteiger partial charge in [0.15, 0.2) is 5.75 Å². The van der Waals surface area contributed by atoms with Gasteiger partial charge in [-0.25, -0.2) is 5.48 Å². The van der Waals surface area contributed by atoms with E-state index < -0.39 is 0 Å². The van der Waals surface area contributed by atoms with Crippen LogP contribution in [0.2, 0.25) is 0 Å². The van der Waals surface area contributed by atoms with Crippen LogP contribution in [0.3, 0.4) is 0 Å². The monoisotopic (exact) mass is 446 g/mol. The van der Waals surface area contributed by atoms with Gasteiger partial charge in [0.05, 0.1) is 0 Å². The normalized spacial score (nSPS) is 12.2. The highest BCUT2D eigenvalue weighted by molar-refractivity contribution is 6.17. The highest BCUT2D eigenvalue weighted by Gasteiger charge is 2.09. The molecule has 1 heterocycles. The van der Waals surface area contributed by atoms with Crippen molar-refractivity contribution in [2.45, 2.75) is 26.2 Å². The molecule has 0 bridgehead atoms. The molecule has 0 saturated heterocycles. The van der Waals surface area contributed by atoms with Gasteiger partial charge in [-0.05, 0) is 50.9 Å². The number of hydrogen-bond acceptors (Lipinski definition) is 3. The summed E-state index contributed by atoms with van der Waals surface area (Å²) in [5.41, 5.74) is 4.01. The summed E-state index contributed by atoms with van der Waals surface area (Å²) >= 11 is 0. The van der Waals surface area contributed by atoms with E-state index in [0.717, 1.165) is 23.7 Å². The van der Waals surface area contributed by atoms with E-state index in [1.54, 1.807) is 0 Å². The zero-order valence-electron chi connectivity index (χ0n) is 19.6. The fourth-order valence-corrected chi connectivity index (χ4v) is 4.44. The molecule has 0 spiro atoms. The molecular weight excluding hydrogens is 416 g/mol. The third-order valence-corrected chi connectivity index (χ3v) is 6.24. The van der Waals surface area contributed by atoms with Crippen molar-refractivity contribution in [3.05, 3.63) is 108 Å². The van der Waals surface area contributed by atoms with E-state index >= 15 is 0 Å². The lowest BCUT2D eigenvalue weighted by molar-refractivity contribution is 0.215. The summed E-state index contributed by atoms with van der Waals surface area (Å²) in [7, 11) is 0. The SMILES string of the molecule is CCCCCNC1=Cc2ccccc2ON1.c1ccc2c(c1)ccc1c3ccccc3ccc21. The third-order valence-electron chi connectivity index (χ3n) is 6.24. The second-order valence-electron chi connectivity index (χ2n) is 8.60. The first-order valence-corrected chi connectivity index (χ1v) is 12.1. The molecule has 0 aromatic heterocycles. The standard InChI is InChI=1S/C18H12.C13H18N2O/c1-3-7-15-13(5-1)9-11-18-16-8-4-2-6-14(16)10-12-17(15)18;1-2-3-6-9-14-13-10-11-7-4-5-8-12(11)16-15-13/h1-12H;4-5,7-8,10,14-15H,2-3,6,9H2,1H3. The Labute approximate surface area is 201 Å². The number of benzene rings is 5. The van der Waals surface area contributed by atoms with Gasteiger partial charge in [-0.2, -0.15) is 0 Å². The van der Waals surface area contributed by atoms with E-state index in [2.05, 4.69) is 96.6 Å². The topological polar surface area (TPSA) is 33.3 Å². The Bertz CT molecular complexity index is 1380. The van der Waals surface area contributed by atoms with E-state index in [-0.39, 0.29) is 0 Å². The average Bonchev–Trinajstić information content (AvgIpc) is 2.91. The van der Waals surface area contributed by atoms with Crippen molar-refractivity contribution in [1.29, 1.82) is 0 Å². The Morgan fingerprint density at radius 3 is 1.94 bits per heavy atom. The molecule has 5 aromatic rings. The van der Waals surface area contributed by atoms with Crippen LogP contribution >= 0.6 is 0 Å². The zero-order chi connectivity index (χ0) is 23.2. The number of hydroxylamine groups is 1. The van der Waals surface area contributed by atoms with Crippen LogP contribution in [0.1, 0.15) is 31.7 Å². The predicted octanol–water partition coefficient (Wildman–Crippen LogP) is 7.81. The van der Waals surface area contributed by atoms with E-state index in [4.69, 9.17) is 4.84 Å². The predicted molar refractivity (Wildman–Crippen MR) is 145 cm³/mol. The molecule has 1 aliphatic rings. The summed E-state index contributed by atoms with van der Waals surface area (Å²) in [5.74, 6) is 1.82. The van der Waals surface area contributed by atoms with Crippen LogP contribution in [0.4, 0.5) is 0 Å². The van der Waals surface area contributed by atoms with Gasteiger partial charge < -0.3 is 10.2 Å². The van der Waals surface area contributed by atoms with Gasteiger partial charge >= 0.3 is 0 Å². The first kappa shape index (κ1) is 21.8. The number of unbranched alkanes of at least 4 members (excludes halogenated alkanes) is 2. The molecule has 3 heteroatoms. The molecule has 0 aliphatic carbocycles. The molecule has 6 rings (SSSR count). The largest absolute Gasteiger partial charge is 0.380 e. The third kappa shape index (κ3) is 4.69. The lowest BCUT2D eigenvalue weighted by atomic mass is 9.97. The van der Waals surface area contributed by atoms with Crippen molar-refractivity contribution >= 4 is 38.4 Å². The quantitative estimate of drug-likeness (QED) is 0.213. The summed E-state index contributed by atoms with van der Waals surface area (Å²) in [5, 5.41) is 11.3. The Morgan fingerprint density at radius 1 is 0.647 bits per heavy atom. The summed E-state index contributed by atoms with van der Waals surface area (Å²) in [6, 6.07) is 34.0. The molecule has 2 N–H and O–H groups in total. The molecule has 0 amide bonds. The van der Waals surface area contributed by atoms with Gasteiger partial charge in [-0.15, -0.1) is 0 Å². The van der Waals surface area contributed by atoms with Gasteiger partial charge in [0.2, 0.25) is 0 Å². The second kappa shape index (κ2) is 10.3. The van der Waals surface area contributed by atoms with Crippen molar-refractivity contribution in [2.24, 2.45) is 0 Å². The fraction of sp³-hybridized carbons (Fsp3) is 0.161. The lowest BCUT2D eigenvalue weighted by Gasteiger charge is -2.19. The van der Waals surface area contributed by atoms with E-state index in [0.29, 0.717) is 0 Å². The maximum absolute atomic E-state index is 5.41. The summed E-state index contributed by atoms with van der Waals surface area (Å²) in [4.78, 5) is 5.41. The van der Waals surface area contributed by atoms with E-state index in [9.17, 15) is 0 Å². The lowest BCUT2D eigenvalue weighted by Crippen LogP contribution is -2.31. The summed E-state index contributed by atoms with van der Waals surface area (Å²) in [6.07, 6.45) is 5.77. The van der Waals surface area contributed by atoms with Crippen molar-refractivity contribution in [1.82, 2.24) is 10.8 Å². The van der Waals surface area contributed by atoms with Crippen LogP contribution in [-0.4, -0.2) is 6.54 Å². The fourth-order valence-electron chi connectivity index (χ4n) is 4.44. The molecule has 1 aliphatic heterocycles. The molecule has 3 nitrogen and oxygen atoms in total. The molecule has 5 aromatic carbocycles. The van der Waals surface area contributed by atoms with Gasteiger partial charge in [0.1, 0.15) is 5.82 Å². The minimum absolute atomic E-state index is 0.876. The Hall–Kier alpha value is -3.98. The zero-order valence-corrected chi connectivity index (χ0v) is 19.6. The van der Waals surface area contributed by atoms with Crippen LogP contribution in [0.25, 0.3) is 38.4 Å². The van der Waals surface area contributed by atoms with Crippen molar-refractivity contribution in [3.8, 4) is 5.75 Å². The number of rotatable bonds is 5. The van der Waals surface area contributed by atoms with Gasteiger partial charge in [-0.3, -0.25) is 0 Å². The highest BCUT2D eigenvalue weighted by Crippen LogP contribution is 2.30. The van der Waals surface area contributed by atoms with Crippen molar-refractivity contribution in [3.63, 3.8) is 0 Å². The Morgan fingerprint density at radius 2 is 1.26 bits per heavy atom.